The van der Waals surface area contributed by atoms with Crippen LogP contribution in [-0.4, -0.2) is 22.9 Å². The fourth-order valence-electron chi connectivity index (χ4n) is 1.61. The number of hydrogen-bond donors (Lipinski definition) is 1. The molecule has 0 spiro atoms. The second-order valence-corrected chi connectivity index (χ2v) is 4.39. The summed E-state index contributed by atoms with van der Waals surface area (Å²) in [6, 6.07) is 6.84. The number of halogens is 1. The van der Waals surface area contributed by atoms with Crippen molar-refractivity contribution in [3.8, 4) is 5.75 Å². The molecular weight excluding hydrogens is 298 g/mol. The van der Waals surface area contributed by atoms with E-state index in [4.69, 9.17) is 16.3 Å². The van der Waals surface area contributed by atoms with E-state index in [9.17, 15) is 14.9 Å². The average Bonchev–Trinajstić information content (AvgIpc) is 2.47. The number of nitrogens with one attached hydrogen (secondary N) is 1. The Morgan fingerprint density at radius 3 is 2.76 bits per heavy atom. The van der Waals surface area contributed by atoms with Crippen molar-refractivity contribution in [2.24, 2.45) is 0 Å². The molecule has 0 radical (unpaired) electrons. The molecule has 108 valence electrons. The van der Waals surface area contributed by atoms with Gasteiger partial charge in [-0.2, -0.15) is 0 Å². The van der Waals surface area contributed by atoms with Gasteiger partial charge in [-0.25, -0.2) is 0 Å². The summed E-state index contributed by atoms with van der Waals surface area (Å²) in [5.41, 5.74) is 0.295. The third-order valence-electron chi connectivity index (χ3n) is 2.60. The first kappa shape index (κ1) is 14.7. The summed E-state index contributed by atoms with van der Waals surface area (Å²) in [5.74, 6) is -0.316. The first-order valence-electron chi connectivity index (χ1n) is 5.76. The second kappa shape index (κ2) is 6.19. The van der Waals surface area contributed by atoms with Crippen LogP contribution in [0.1, 0.15) is 10.5 Å². The molecule has 1 heterocycles. The van der Waals surface area contributed by atoms with Gasteiger partial charge in [0.15, 0.2) is 0 Å². The van der Waals surface area contributed by atoms with Crippen LogP contribution in [0, 0.1) is 10.1 Å². The molecule has 0 aliphatic rings. The number of nitro groups is 1. The molecule has 0 fully saturated rings. The number of anilines is 1. The lowest BCUT2D eigenvalue weighted by molar-refractivity contribution is -0.384. The number of amides is 1. The highest BCUT2D eigenvalue weighted by molar-refractivity contribution is 6.30. The van der Waals surface area contributed by atoms with Crippen LogP contribution in [0.4, 0.5) is 11.4 Å². The summed E-state index contributed by atoms with van der Waals surface area (Å²) in [7, 11) is 1.35. The Morgan fingerprint density at radius 1 is 1.38 bits per heavy atom. The van der Waals surface area contributed by atoms with Crippen molar-refractivity contribution in [1.29, 1.82) is 0 Å². The first-order valence-corrected chi connectivity index (χ1v) is 6.14. The molecule has 8 heteroatoms. The predicted molar refractivity (Wildman–Crippen MR) is 76.8 cm³/mol. The Labute approximate surface area is 124 Å². The maximum atomic E-state index is 12.0. The Morgan fingerprint density at radius 2 is 2.14 bits per heavy atom. The molecule has 1 aromatic heterocycles. The molecule has 1 aromatic carbocycles. The molecule has 7 nitrogen and oxygen atoms in total. The number of non-ortho nitro benzene ring substituents is 1. The van der Waals surface area contributed by atoms with Crippen molar-refractivity contribution in [2.45, 2.75) is 0 Å². The highest BCUT2D eigenvalue weighted by Gasteiger charge is 2.15. The molecule has 0 saturated carbocycles. The zero-order valence-electron chi connectivity index (χ0n) is 10.9. The standard InChI is InChI=1S/C13H10ClN3O4/c1-21-12-7-9(17(19)20)2-3-10(12)16-13(18)11-6-8(14)4-5-15-11/h2-7H,1H3,(H,16,18). The van der Waals surface area contributed by atoms with Gasteiger partial charge in [0.05, 0.1) is 23.8 Å². The maximum Gasteiger partial charge on any atom is 0.274 e. The Hall–Kier alpha value is -2.67. The minimum Gasteiger partial charge on any atom is -0.494 e. The van der Waals surface area contributed by atoms with E-state index in [1.807, 2.05) is 0 Å². The number of nitrogens with zero attached hydrogens (tertiary/aromatic N) is 2. The molecule has 1 amide bonds. The number of aromatic nitrogens is 1. The van der Waals surface area contributed by atoms with E-state index in [1.54, 1.807) is 6.07 Å². The number of carbonyl (C=O) groups excluding carboxylic acids is 1. The molecule has 2 aromatic rings. The van der Waals surface area contributed by atoms with Crippen molar-refractivity contribution in [2.75, 3.05) is 12.4 Å². The van der Waals surface area contributed by atoms with Gasteiger partial charge < -0.3 is 10.1 Å². The van der Waals surface area contributed by atoms with Crippen LogP contribution in [0.15, 0.2) is 36.5 Å². The van der Waals surface area contributed by atoms with Gasteiger partial charge in [-0.3, -0.25) is 19.9 Å². The molecule has 0 bridgehead atoms. The van der Waals surface area contributed by atoms with Crippen molar-refractivity contribution in [3.05, 3.63) is 57.4 Å². The summed E-state index contributed by atoms with van der Waals surface area (Å²) in [6.07, 6.45) is 1.41. The van der Waals surface area contributed by atoms with E-state index in [0.29, 0.717) is 10.7 Å². The highest BCUT2D eigenvalue weighted by Crippen LogP contribution is 2.29. The zero-order valence-corrected chi connectivity index (χ0v) is 11.6. The minimum atomic E-state index is -0.549. The van der Waals surface area contributed by atoms with Gasteiger partial charge in [0.2, 0.25) is 0 Å². The monoisotopic (exact) mass is 307 g/mol. The van der Waals surface area contributed by atoms with Crippen LogP contribution >= 0.6 is 11.6 Å². The summed E-state index contributed by atoms with van der Waals surface area (Å²) in [5, 5.41) is 13.6. The third-order valence-corrected chi connectivity index (χ3v) is 2.83. The largest absolute Gasteiger partial charge is 0.494 e. The van der Waals surface area contributed by atoms with Crippen LogP contribution < -0.4 is 10.1 Å². The second-order valence-electron chi connectivity index (χ2n) is 3.96. The van der Waals surface area contributed by atoms with Gasteiger partial charge in [-0.15, -0.1) is 0 Å². The fourth-order valence-corrected chi connectivity index (χ4v) is 1.77. The molecule has 2 rings (SSSR count). The number of nitro benzene ring substituents is 1. The van der Waals surface area contributed by atoms with Gasteiger partial charge in [-0.1, -0.05) is 11.6 Å². The number of methoxy groups -OCH3 is 1. The Balaban J connectivity index is 2.27. The molecule has 0 unspecified atom stereocenters. The van der Waals surface area contributed by atoms with Gasteiger partial charge >= 0.3 is 0 Å². The van der Waals surface area contributed by atoms with E-state index in [2.05, 4.69) is 10.3 Å². The lowest BCUT2D eigenvalue weighted by Gasteiger charge is -2.09. The SMILES string of the molecule is COc1cc([N+](=O)[O-])ccc1NC(=O)c1cc(Cl)ccn1. The number of hydrogen-bond acceptors (Lipinski definition) is 5. The van der Waals surface area contributed by atoms with E-state index >= 15 is 0 Å². The third kappa shape index (κ3) is 3.46. The fraction of sp³-hybridized carbons (Fsp3) is 0.0769. The number of ether oxygens (including phenoxy) is 1. The van der Waals surface area contributed by atoms with Gasteiger partial charge in [0.25, 0.3) is 11.6 Å². The smallest absolute Gasteiger partial charge is 0.274 e. The molecule has 0 saturated heterocycles. The van der Waals surface area contributed by atoms with Crippen molar-refractivity contribution < 1.29 is 14.5 Å². The van der Waals surface area contributed by atoms with Gasteiger partial charge in [0.1, 0.15) is 11.4 Å². The predicted octanol–water partition coefficient (Wildman–Crippen LogP) is 2.90. The average molecular weight is 308 g/mol. The molecule has 0 aliphatic heterocycles. The van der Waals surface area contributed by atoms with E-state index in [1.165, 1.54) is 37.6 Å². The summed E-state index contributed by atoms with van der Waals surface area (Å²) in [6.45, 7) is 0. The molecule has 1 N–H and O–H groups in total. The van der Waals surface area contributed by atoms with Crippen molar-refractivity contribution in [1.82, 2.24) is 4.98 Å². The van der Waals surface area contributed by atoms with Gasteiger partial charge in [-0.05, 0) is 18.2 Å². The number of carbonyl (C=O) groups is 1. The van der Waals surface area contributed by atoms with E-state index < -0.39 is 10.8 Å². The highest BCUT2D eigenvalue weighted by atomic mass is 35.5. The van der Waals surface area contributed by atoms with Crippen molar-refractivity contribution in [3.63, 3.8) is 0 Å². The Kier molecular flexibility index (Phi) is 4.34. The molecule has 0 aliphatic carbocycles. The quantitative estimate of drug-likeness (QED) is 0.692. The van der Waals surface area contributed by atoms with Crippen LogP contribution in [0.25, 0.3) is 0 Å². The first-order chi connectivity index (χ1) is 10.0. The Bertz CT molecular complexity index is 706. The number of rotatable bonds is 4. The number of pyridine rings is 1. The molecule has 0 atom stereocenters. The summed E-state index contributed by atoms with van der Waals surface area (Å²) < 4.78 is 5.03. The lowest BCUT2D eigenvalue weighted by atomic mass is 10.2. The normalized spacial score (nSPS) is 10.0. The summed E-state index contributed by atoms with van der Waals surface area (Å²) >= 11 is 5.79. The zero-order chi connectivity index (χ0) is 15.4. The minimum absolute atomic E-state index is 0.128. The van der Waals surface area contributed by atoms with Crippen LogP contribution in [-0.2, 0) is 0 Å². The number of benzene rings is 1. The van der Waals surface area contributed by atoms with Crippen LogP contribution in [0.5, 0.6) is 5.75 Å². The summed E-state index contributed by atoms with van der Waals surface area (Å²) in [4.78, 5) is 26.1. The van der Waals surface area contributed by atoms with Gasteiger partial charge in [0, 0.05) is 17.3 Å². The topological polar surface area (TPSA) is 94.4 Å². The maximum absolute atomic E-state index is 12.0. The van der Waals surface area contributed by atoms with Crippen LogP contribution in [0.3, 0.4) is 0 Å². The molecule has 21 heavy (non-hydrogen) atoms. The lowest BCUT2D eigenvalue weighted by Crippen LogP contribution is -2.14. The van der Waals surface area contributed by atoms with Crippen LogP contribution in [0.2, 0.25) is 5.02 Å². The van der Waals surface area contributed by atoms with E-state index in [0.717, 1.165) is 0 Å². The molecular formula is C13H10ClN3O4. The van der Waals surface area contributed by atoms with E-state index in [-0.39, 0.29) is 17.1 Å². The van der Waals surface area contributed by atoms with Crippen molar-refractivity contribution >= 4 is 28.9 Å².